The molecule has 0 saturated heterocycles. The van der Waals surface area contributed by atoms with Gasteiger partial charge in [0.15, 0.2) is 0 Å². The van der Waals surface area contributed by atoms with E-state index in [4.69, 9.17) is 0 Å². The molecule has 0 spiro atoms. The average molecular weight is 227 g/mol. The van der Waals surface area contributed by atoms with Gasteiger partial charge in [-0.1, -0.05) is 12.1 Å². The molecule has 0 atom stereocenters. The summed E-state index contributed by atoms with van der Waals surface area (Å²) in [7, 11) is 0. The Morgan fingerprint density at radius 2 is 2.07 bits per heavy atom. The maximum Gasteiger partial charge on any atom is 0.387 e. The summed E-state index contributed by atoms with van der Waals surface area (Å²) in [5, 5.41) is 1.79. The Bertz CT molecular complexity index is 431. The van der Waals surface area contributed by atoms with Crippen molar-refractivity contribution in [3.8, 4) is 17.0 Å². The summed E-state index contributed by atoms with van der Waals surface area (Å²) in [6.07, 6.45) is 0. The van der Waals surface area contributed by atoms with Gasteiger partial charge in [0.1, 0.15) is 5.75 Å². The van der Waals surface area contributed by atoms with E-state index >= 15 is 0 Å². The van der Waals surface area contributed by atoms with Gasteiger partial charge in [0.05, 0.1) is 11.2 Å². The minimum Gasteiger partial charge on any atom is -0.434 e. The lowest BCUT2D eigenvalue weighted by molar-refractivity contribution is -0.0494. The second-order valence-corrected chi connectivity index (χ2v) is 3.47. The van der Waals surface area contributed by atoms with Crippen LogP contribution in [0, 0.1) is 0 Å². The van der Waals surface area contributed by atoms with Gasteiger partial charge in [-0.2, -0.15) is 8.78 Å². The Hall–Kier alpha value is -1.49. The number of hydrogen-bond donors (Lipinski definition) is 0. The van der Waals surface area contributed by atoms with E-state index in [0.717, 1.165) is 0 Å². The van der Waals surface area contributed by atoms with Crippen LogP contribution in [0.2, 0.25) is 0 Å². The first-order chi connectivity index (χ1) is 7.27. The van der Waals surface area contributed by atoms with Gasteiger partial charge >= 0.3 is 6.61 Å². The van der Waals surface area contributed by atoms with Crippen LogP contribution < -0.4 is 4.74 Å². The lowest BCUT2D eigenvalue weighted by Gasteiger charge is -2.08. The summed E-state index contributed by atoms with van der Waals surface area (Å²) < 4.78 is 28.6. The van der Waals surface area contributed by atoms with Gasteiger partial charge in [0, 0.05) is 10.9 Å². The topological polar surface area (TPSA) is 22.1 Å². The number of thiazole rings is 1. The lowest BCUT2D eigenvalue weighted by Crippen LogP contribution is -2.02. The van der Waals surface area contributed by atoms with Crippen LogP contribution in [0.3, 0.4) is 0 Å². The maximum absolute atomic E-state index is 12.1. The third kappa shape index (κ3) is 2.30. The number of ether oxygens (including phenoxy) is 1. The highest BCUT2D eigenvalue weighted by molar-refractivity contribution is 7.07. The summed E-state index contributed by atoms with van der Waals surface area (Å²) in [4.78, 5) is 4.05. The summed E-state index contributed by atoms with van der Waals surface area (Å²) >= 11 is 1.41. The van der Waals surface area contributed by atoms with E-state index in [9.17, 15) is 8.78 Å². The molecule has 0 bridgehead atoms. The molecule has 0 aliphatic carbocycles. The quantitative estimate of drug-likeness (QED) is 0.801. The summed E-state index contributed by atoms with van der Waals surface area (Å²) in [6, 6.07) is 6.61. The Labute approximate surface area is 89.2 Å². The molecule has 2 aromatic rings. The van der Waals surface area contributed by atoms with Gasteiger partial charge in [0.2, 0.25) is 0 Å². The van der Waals surface area contributed by atoms with Gasteiger partial charge in [-0.3, -0.25) is 0 Å². The van der Waals surface area contributed by atoms with Gasteiger partial charge in [-0.25, -0.2) is 4.98 Å². The smallest absolute Gasteiger partial charge is 0.387 e. The van der Waals surface area contributed by atoms with Gasteiger partial charge in [0.25, 0.3) is 0 Å². The number of benzene rings is 1. The van der Waals surface area contributed by atoms with Crippen LogP contribution in [0.5, 0.6) is 5.75 Å². The molecule has 78 valence electrons. The molecule has 1 aromatic heterocycles. The van der Waals surface area contributed by atoms with Crippen molar-refractivity contribution in [2.45, 2.75) is 6.61 Å². The zero-order chi connectivity index (χ0) is 10.7. The number of aromatic nitrogens is 1. The molecule has 2 nitrogen and oxygen atoms in total. The molecule has 0 amide bonds. The van der Waals surface area contributed by atoms with Crippen LogP contribution in [-0.4, -0.2) is 11.6 Å². The average Bonchev–Trinajstić information content (AvgIpc) is 2.70. The molecular weight excluding hydrogens is 220 g/mol. The number of rotatable bonds is 3. The highest BCUT2D eigenvalue weighted by Gasteiger charge is 2.11. The Morgan fingerprint density at radius 1 is 1.27 bits per heavy atom. The molecule has 0 N–H and O–H groups in total. The highest BCUT2D eigenvalue weighted by atomic mass is 32.1. The SMILES string of the molecule is FC(F)Oc1ccccc1-c1cscn1. The maximum atomic E-state index is 12.1. The van der Waals surface area contributed by atoms with Crippen LogP contribution in [0.15, 0.2) is 35.2 Å². The number of halogens is 2. The van der Waals surface area contributed by atoms with Crippen LogP contribution in [0.25, 0.3) is 11.3 Å². The molecule has 0 aliphatic rings. The molecule has 0 fully saturated rings. The molecule has 1 heterocycles. The molecule has 0 radical (unpaired) electrons. The monoisotopic (exact) mass is 227 g/mol. The lowest BCUT2D eigenvalue weighted by atomic mass is 10.1. The number of para-hydroxylation sites is 1. The minimum absolute atomic E-state index is 0.151. The van der Waals surface area contributed by atoms with Crippen LogP contribution in [0.1, 0.15) is 0 Å². The third-order valence-corrected chi connectivity index (χ3v) is 2.40. The van der Waals surface area contributed by atoms with Crippen molar-refractivity contribution in [1.29, 1.82) is 0 Å². The first kappa shape index (κ1) is 10.0. The van der Waals surface area contributed by atoms with E-state index in [2.05, 4.69) is 9.72 Å². The molecule has 0 unspecified atom stereocenters. The van der Waals surface area contributed by atoms with E-state index in [1.54, 1.807) is 29.1 Å². The van der Waals surface area contributed by atoms with E-state index < -0.39 is 6.61 Å². The molecular formula is C10H7F2NOS. The van der Waals surface area contributed by atoms with Crippen molar-refractivity contribution < 1.29 is 13.5 Å². The van der Waals surface area contributed by atoms with Crippen LogP contribution in [-0.2, 0) is 0 Å². The first-order valence-corrected chi connectivity index (χ1v) is 5.14. The zero-order valence-corrected chi connectivity index (χ0v) is 8.38. The van der Waals surface area contributed by atoms with E-state index in [1.165, 1.54) is 17.4 Å². The third-order valence-electron chi connectivity index (χ3n) is 1.81. The van der Waals surface area contributed by atoms with Crippen LogP contribution in [0.4, 0.5) is 8.78 Å². The summed E-state index contributed by atoms with van der Waals surface area (Å²) in [5.41, 5.74) is 2.88. The Kier molecular flexibility index (Phi) is 2.91. The fraction of sp³-hybridized carbons (Fsp3) is 0.100. The molecule has 0 aliphatic heterocycles. The van der Waals surface area contributed by atoms with Crippen molar-refractivity contribution in [2.24, 2.45) is 0 Å². The van der Waals surface area contributed by atoms with Crippen molar-refractivity contribution in [1.82, 2.24) is 4.98 Å². The molecule has 0 saturated carbocycles. The van der Waals surface area contributed by atoms with Crippen molar-refractivity contribution in [3.05, 3.63) is 35.2 Å². The predicted octanol–water partition coefficient (Wildman–Crippen LogP) is 3.41. The second kappa shape index (κ2) is 4.35. The molecule has 15 heavy (non-hydrogen) atoms. The minimum atomic E-state index is -2.82. The van der Waals surface area contributed by atoms with Gasteiger partial charge in [-0.15, -0.1) is 11.3 Å². The van der Waals surface area contributed by atoms with Gasteiger partial charge < -0.3 is 4.74 Å². The molecule has 5 heteroatoms. The number of alkyl halides is 2. The summed E-state index contributed by atoms with van der Waals surface area (Å²) in [5.74, 6) is 0.151. The summed E-state index contributed by atoms with van der Waals surface area (Å²) in [6.45, 7) is -2.82. The Morgan fingerprint density at radius 3 is 2.73 bits per heavy atom. The van der Waals surface area contributed by atoms with Crippen molar-refractivity contribution in [2.75, 3.05) is 0 Å². The van der Waals surface area contributed by atoms with Crippen LogP contribution >= 0.6 is 11.3 Å². The first-order valence-electron chi connectivity index (χ1n) is 4.20. The largest absolute Gasteiger partial charge is 0.434 e. The fourth-order valence-electron chi connectivity index (χ4n) is 1.22. The van der Waals surface area contributed by atoms with E-state index in [1.807, 2.05) is 0 Å². The van der Waals surface area contributed by atoms with E-state index in [-0.39, 0.29) is 5.75 Å². The number of hydrogen-bond acceptors (Lipinski definition) is 3. The Balaban J connectivity index is 2.38. The predicted molar refractivity (Wildman–Crippen MR) is 54.2 cm³/mol. The molecule has 2 rings (SSSR count). The highest BCUT2D eigenvalue weighted by Crippen LogP contribution is 2.30. The zero-order valence-electron chi connectivity index (χ0n) is 7.56. The number of nitrogens with zero attached hydrogens (tertiary/aromatic N) is 1. The molecule has 1 aromatic carbocycles. The van der Waals surface area contributed by atoms with E-state index in [0.29, 0.717) is 11.3 Å². The van der Waals surface area contributed by atoms with Gasteiger partial charge in [-0.05, 0) is 12.1 Å². The second-order valence-electron chi connectivity index (χ2n) is 2.75. The standard InChI is InChI=1S/C10H7F2NOS/c11-10(12)14-9-4-2-1-3-7(9)8-5-15-6-13-8/h1-6,10H. The van der Waals surface area contributed by atoms with Crippen molar-refractivity contribution in [3.63, 3.8) is 0 Å². The normalized spacial score (nSPS) is 10.6. The van der Waals surface area contributed by atoms with Crippen molar-refractivity contribution >= 4 is 11.3 Å². The fourth-order valence-corrected chi connectivity index (χ4v) is 1.77.